The molecule has 0 aliphatic carbocycles. The predicted octanol–water partition coefficient (Wildman–Crippen LogP) is 5.18. The Morgan fingerprint density at radius 2 is 1.96 bits per heavy atom. The van der Waals surface area contributed by atoms with Gasteiger partial charge in [0.1, 0.15) is 11.5 Å². The lowest BCUT2D eigenvalue weighted by atomic mass is 10.1. The monoisotopic (exact) mass is 389 g/mol. The summed E-state index contributed by atoms with van der Waals surface area (Å²) >= 11 is 1.62. The summed E-state index contributed by atoms with van der Waals surface area (Å²) in [6.07, 6.45) is 5.40. The van der Waals surface area contributed by atoms with Crippen LogP contribution < -0.4 is 19.7 Å². The number of nitrogens with one attached hydrogen (secondary N) is 1. The molecule has 0 unspecified atom stereocenters. The van der Waals surface area contributed by atoms with E-state index in [1.54, 1.807) is 25.6 Å². The van der Waals surface area contributed by atoms with Gasteiger partial charge in [0.15, 0.2) is 0 Å². The molecule has 1 aromatic carbocycles. The van der Waals surface area contributed by atoms with E-state index in [-0.39, 0.29) is 0 Å². The Bertz CT molecular complexity index is 808. The minimum Gasteiger partial charge on any atom is -0.497 e. The highest BCUT2D eigenvalue weighted by atomic mass is 32.1. The normalized spacial score (nSPS) is 11.5. The number of hydrogen-bond acceptors (Lipinski definition) is 5. The third kappa shape index (κ3) is 5.63. The zero-order valence-corrected chi connectivity index (χ0v) is 17.7. The number of nitrogens with zero attached hydrogens (tertiary/aromatic N) is 2. The minimum absolute atomic E-state index is 0.766. The van der Waals surface area contributed by atoms with Crippen LogP contribution in [0.5, 0.6) is 11.5 Å². The number of ether oxygens (including phenoxy) is 2. The first kappa shape index (κ1) is 21.1. The third-order valence-corrected chi connectivity index (χ3v) is 5.12. The van der Waals surface area contributed by atoms with E-state index < -0.39 is 0 Å². The van der Waals surface area contributed by atoms with Crippen molar-refractivity contribution >= 4 is 11.3 Å². The summed E-state index contributed by atoms with van der Waals surface area (Å²) in [5, 5.41) is 2.11. The Balaban J connectivity index is 2.46. The lowest BCUT2D eigenvalue weighted by Gasteiger charge is -2.16. The standard InChI is InChI=1S/C21H31N3O2S/c1-6-8-10-16(3)23-24-19(15-27-21(24)22-13-9-7-2)18-12-11-17(25-4)14-20(18)26-5/h11-12,14-15,23H,3,6-10,13H2,1-2,4-5H3. The van der Waals surface area contributed by atoms with E-state index in [9.17, 15) is 0 Å². The van der Waals surface area contributed by atoms with Crippen LogP contribution in [0.2, 0.25) is 0 Å². The summed E-state index contributed by atoms with van der Waals surface area (Å²) in [5.41, 5.74) is 6.43. The largest absolute Gasteiger partial charge is 0.497 e. The average Bonchev–Trinajstić information content (AvgIpc) is 3.08. The zero-order chi connectivity index (χ0) is 19.6. The molecule has 1 heterocycles. The lowest BCUT2D eigenvalue weighted by Crippen LogP contribution is -2.26. The Morgan fingerprint density at radius 1 is 1.19 bits per heavy atom. The lowest BCUT2D eigenvalue weighted by molar-refractivity contribution is 0.395. The Labute approximate surface area is 166 Å². The van der Waals surface area contributed by atoms with Crippen molar-refractivity contribution in [1.29, 1.82) is 0 Å². The van der Waals surface area contributed by atoms with Gasteiger partial charge in [0.25, 0.3) is 0 Å². The van der Waals surface area contributed by atoms with Crippen LogP contribution in [-0.2, 0) is 0 Å². The molecule has 0 saturated heterocycles. The molecule has 0 bridgehead atoms. The Hall–Kier alpha value is -2.21. The van der Waals surface area contributed by atoms with Crippen molar-refractivity contribution in [3.63, 3.8) is 0 Å². The highest BCUT2D eigenvalue weighted by Gasteiger charge is 2.14. The van der Waals surface area contributed by atoms with E-state index in [1.807, 2.05) is 22.9 Å². The quantitative estimate of drug-likeness (QED) is 0.539. The van der Waals surface area contributed by atoms with E-state index in [2.05, 4.69) is 31.2 Å². The molecule has 2 rings (SSSR count). The summed E-state index contributed by atoms with van der Waals surface area (Å²) in [6, 6.07) is 5.86. The van der Waals surface area contributed by atoms with E-state index in [4.69, 9.17) is 14.5 Å². The van der Waals surface area contributed by atoms with Gasteiger partial charge in [-0.1, -0.05) is 33.3 Å². The molecule has 0 radical (unpaired) electrons. The van der Waals surface area contributed by atoms with Gasteiger partial charge in [-0.25, -0.2) is 4.68 Å². The summed E-state index contributed by atoms with van der Waals surface area (Å²) < 4.78 is 13.0. The molecule has 148 valence electrons. The van der Waals surface area contributed by atoms with Crippen LogP contribution in [0.4, 0.5) is 0 Å². The van der Waals surface area contributed by atoms with Gasteiger partial charge in [0, 0.05) is 29.3 Å². The molecule has 0 amide bonds. The van der Waals surface area contributed by atoms with Gasteiger partial charge in [-0.05, 0) is 31.4 Å². The second-order valence-electron chi connectivity index (χ2n) is 6.36. The predicted molar refractivity (Wildman–Crippen MR) is 114 cm³/mol. The second kappa shape index (κ2) is 10.8. The molecule has 5 nitrogen and oxygen atoms in total. The molecule has 0 saturated carbocycles. The van der Waals surface area contributed by atoms with Crippen molar-refractivity contribution in [2.45, 2.75) is 46.0 Å². The van der Waals surface area contributed by atoms with E-state index in [0.29, 0.717) is 0 Å². The highest BCUT2D eigenvalue weighted by Crippen LogP contribution is 2.33. The fraction of sp³-hybridized carbons (Fsp3) is 0.476. The number of thiazole rings is 1. The molecular formula is C21H31N3O2S. The van der Waals surface area contributed by atoms with Gasteiger partial charge in [0.2, 0.25) is 4.80 Å². The number of benzene rings is 1. The Kier molecular flexibility index (Phi) is 8.45. The van der Waals surface area contributed by atoms with Gasteiger partial charge in [0.05, 0.1) is 19.9 Å². The van der Waals surface area contributed by atoms with Crippen LogP contribution in [0.1, 0.15) is 46.0 Å². The van der Waals surface area contributed by atoms with Crippen molar-refractivity contribution < 1.29 is 9.47 Å². The number of rotatable bonds is 11. The maximum atomic E-state index is 5.61. The molecule has 0 spiro atoms. The van der Waals surface area contributed by atoms with Crippen LogP contribution in [0.15, 0.2) is 40.8 Å². The molecule has 1 N–H and O–H groups in total. The summed E-state index contributed by atoms with van der Waals surface area (Å²) in [5.74, 6) is 1.53. The molecule has 2 aromatic rings. The molecule has 6 heteroatoms. The molecule has 0 aliphatic heterocycles. The molecule has 1 aromatic heterocycles. The summed E-state index contributed by atoms with van der Waals surface area (Å²) in [6.45, 7) is 9.37. The number of allylic oxidation sites excluding steroid dienone is 1. The molecule has 27 heavy (non-hydrogen) atoms. The van der Waals surface area contributed by atoms with E-state index in [0.717, 1.165) is 71.9 Å². The molecular weight excluding hydrogens is 358 g/mol. The van der Waals surface area contributed by atoms with Crippen molar-refractivity contribution in [2.24, 2.45) is 4.99 Å². The Morgan fingerprint density at radius 3 is 2.63 bits per heavy atom. The van der Waals surface area contributed by atoms with Crippen molar-refractivity contribution in [1.82, 2.24) is 4.68 Å². The van der Waals surface area contributed by atoms with Gasteiger partial charge in [-0.3, -0.25) is 10.4 Å². The van der Waals surface area contributed by atoms with E-state index >= 15 is 0 Å². The van der Waals surface area contributed by atoms with Crippen LogP contribution in [-0.4, -0.2) is 25.4 Å². The fourth-order valence-electron chi connectivity index (χ4n) is 2.66. The van der Waals surface area contributed by atoms with Crippen LogP contribution in [0, 0.1) is 0 Å². The smallest absolute Gasteiger partial charge is 0.204 e. The second-order valence-corrected chi connectivity index (χ2v) is 7.20. The van der Waals surface area contributed by atoms with Gasteiger partial charge >= 0.3 is 0 Å². The maximum absolute atomic E-state index is 5.61. The summed E-state index contributed by atoms with van der Waals surface area (Å²) in [7, 11) is 3.33. The molecule has 0 fully saturated rings. The van der Waals surface area contributed by atoms with Crippen LogP contribution in [0.25, 0.3) is 11.3 Å². The zero-order valence-electron chi connectivity index (χ0n) is 16.9. The fourth-order valence-corrected chi connectivity index (χ4v) is 3.53. The van der Waals surface area contributed by atoms with Crippen LogP contribution >= 0.6 is 11.3 Å². The third-order valence-electron chi connectivity index (χ3n) is 4.25. The number of methoxy groups -OCH3 is 2. The first-order valence-electron chi connectivity index (χ1n) is 9.52. The minimum atomic E-state index is 0.766. The first-order valence-corrected chi connectivity index (χ1v) is 10.4. The van der Waals surface area contributed by atoms with Crippen molar-refractivity contribution in [3.05, 3.63) is 40.7 Å². The van der Waals surface area contributed by atoms with Gasteiger partial charge in [-0.2, -0.15) is 0 Å². The number of aromatic nitrogens is 1. The van der Waals surface area contributed by atoms with Crippen molar-refractivity contribution in [2.75, 3.05) is 26.2 Å². The van der Waals surface area contributed by atoms with Gasteiger partial charge < -0.3 is 9.47 Å². The number of unbranched alkanes of at least 4 members (excludes halogenated alkanes) is 2. The first-order chi connectivity index (χ1) is 13.1. The molecule has 0 aliphatic rings. The highest BCUT2D eigenvalue weighted by molar-refractivity contribution is 7.07. The topological polar surface area (TPSA) is 47.8 Å². The van der Waals surface area contributed by atoms with Crippen molar-refractivity contribution in [3.8, 4) is 22.8 Å². The summed E-state index contributed by atoms with van der Waals surface area (Å²) in [4.78, 5) is 5.72. The average molecular weight is 390 g/mol. The van der Waals surface area contributed by atoms with Gasteiger partial charge in [-0.15, -0.1) is 11.3 Å². The van der Waals surface area contributed by atoms with Crippen LogP contribution in [0.3, 0.4) is 0 Å². The number of hydrogen-bond donors (Lipinski definition) is 1. The molecule has 0 atom stereocenters. The van der Waals surface area contributed by atoms with E-state index in [1.165, 1.54) is 0 Å². The SMILES string of the molecule is C=C(CCCC)Nn1c(-c2ccc(OC)cc2OC)csc1=NCCCC. The maximum Gasteiger partial charge on any atom is 0.204 e.